The average Bonchev–Trinajstić information content (AvgIpc) is 3.71. The summed E-state index contributed by atoms with van der Waals surface area (Å²) in [6, 6.07) is 48.6. The Morgan fingerprint density at radius 2 is 1.39 bits per heavy atom. The van der Waals surface area contributed by atoms with E-state index >= 15 is 0 Å². The maximum Gasteiger partial charge on any atom is 0.326 e. The molecule has 7 heteroatoms. The van der Waals surface area contributed by atoms with Crippen molar-refractivity contribution in [3.8, 4) is 17.3 Å². The Kier molecular flexibility index (Phi) is 6.09. The molecule has 220 valence electrons. The van der Waals surface area contributed by atoms with Gasteiger partial charge in [0.25, 0.3) is 0 Å². The first-order valence-corrected chi connectivity index (χ1v) is 15.6. The molecule has 0 radical (unpaired) electrons. The number of para-hydroxylation sites is 2. The van der Waals surface area contributed by atoms with Crippen LogP contribution in [-0.4, -0.2) is 34.9 Å². The Hall–Kier alpha value is -5.95. The van der Waals surface area contributed by atoms with Crippen LogP contribution < -0.4 is 25.5 Å². The summed E-state index contributed by atoms with van der Waals surface area (Å²) >= 11 is 0. The Labute approximate surface area is 268 Å². The second-order valence-electron chi connectivity index (χ2n) is 11.8. The van der Waals surface area contributed by atoms with Crippen molar-refractivity contribution in [1.29, 1.82) is 0 Å². The number of aromatic nitrogens is 2. The van der Waals surface area contributed by atoms with Gasteiger partial charge < -0.3 is 19.3 Å². The number of hydrogen-bond donors (Lipinski definition) is 0. The highest BCUT2D eigenvalue weighted by atomic mass is 16.5. The Morgan fingerprint density at radius 3 is 2.22 bits per heavy atom. The van der Waals surface area contributed by atoms with E-state index in [1.54, 1.807) is 0 Å². The van der Waals surface area contributed by atoms with Gasteiger partial charge in [-0.15, -0.1) is 0 Å². The molecule has 0 N–H and O–H groups in total. The largest absolute Gasteiger partial charge is 0.457 e. The quantitative estimate of drug-likeness (QED) is 0.199. The Morgan fingerprint density at radius 1 is 0.674 bits per heavy atom. The smallest absolute Gasteiger partial charge is 0.326 e. The molecule has 46 heavy (non-hydrogen) atoms. The van der Waals surface area contributed by atoms with Crippen molar-refractivity contribution in [3.63, 3.8) is 0 Å². The molecule has 0 spiro atoms. The summed E-state index contributed by atoms with van der Waals surface area (Å²) < 4.78 is 8.87. The van der Waals surface area contributed by atoms with E-state index in [1.807, 2.05) is 24.4 Å². The predicted octanol–water partition coefficient (Wildman–Crippen LogP) is 7.11. The fourth-order valence-electron chi connectivity index (χ4n) is 7.05. The fraction of sp³-hybridized carbons (Fsp3) is 0.0513. The number of benzene rings is 5. The van der Waals surface area contributed by atoms with E-state index in [0.29, 0.717) is 0 Å². The summed E-state index contributed by atoms with van der Waals surface area (Å²) in [6.07, 6.45) is 4.09. The number of fused-ring (bicyclic) bond motifs is 6. The van der Waals surface area contributed by atoms with Crippen molar-refractivity contribution in [2.24, 2.45) is 0 Å². The Bertz CT molecular complexity index is 2250. The van der Waals surface area contributed by atoms with Crippen molar-refractivity contribution in [3.05, 3.63) is 158 Å². The third kappa shape index (κ3) is 4.24. The van der Waals surface area contributed by atoms with Gasteiger partial charge in [-0.05, 0) is 61.0 Å². The van der Waals surface area contributed by atoms with E-state index < -0.39 is 0 Å². The average molecular weight is 596 g/mol. The van der Waals surface area contributed by atoms with Crippen LogP contribution in [0.1, 0.15) is 0 Å². The van der Waals surface area contributed by atoms with Crippen molar-refractivity contribution in [2.45, 2.75) is 0 Å². The zero-order chi connectivity index (χ0) is 30.6. The molecule has 7 aromatic rings. The van der Waals surface area contributed by atoms with Crippen LogP contribution in [0.25, 0.3) is 27.6 Å². The second-order valence-corrected chi connectivity index (χ2v) is 11.8. The van der Waals surface area contributed by atoms with E-state index in [4.69, 9.17) is 4.74 Å². The number of nitrogens with zero attached hydrogens (tertiary/aromatic N) is 5. The maximum atomic E-state index is 6.66. The number of hydrogen-bond acceptors (Lipinski definition) is 5. The molecule has 2 aliphatic heterocycles. The minimum absolute atomic E-state index is 0.0777. The Balaban J connectivity index is 1.14. The van der Waals surface area contributed by atoms with Crippen molar-refractivity contribution >= 4 is 51.0 Å². The van der Waals surface area contributed by atoms with E-state index in [1.165, 1.54) is 27.4 Å². The normalized spacial score (nSPS) is 14.1. The zero-order valence-electron chi connectivity index (χ0n) is 25.4. The molecular weight excluding hydrogens is 565 g/mol. The highest BCUT2D eigenvalue weighted by Crippen LogP contribution is 2.38. The first-order chi connectivity index (χ1) is 22.7. The van der Waals surface area contributed by atoms with E-state index in [2.05, 4.69) is 159 Å². The van der Waals surface area contributed by atoms with Crippen molar-refractivity contribution in [1.82, 2.24) is 14.4 Å². The molecule has 0 bridgehead atoms. The molecule has 0 atom stereocenters. The van der Waals surface area contributed by atoms with Crippen molar-refractivity contribution < 1.29 is 4.74 Å². The first kappa shape index (κ1) is 26.5. The molecule has 0 fully saturated rings. The third-order valence-electron chi connectivity index (χ3n) is 9.14. The van der Waals surface area contributed by atoms with E-state index in [0.717, 1.165) is 46.5 Å². The summed E-state index contributed by atoms with van der Waals surface area (Å²) in [5.41, 5.74) is 7.00. The van der Waals surface area contributed by atoms with Gasteiger partial charge in [0, 0.05) is 46.7 Å². The summed E-state index contributed by atoms with van der Waals surface area (Å²) in [5.74, 6) is 3.62. The van der Waals surface area contributed by atoms with Gasteiger partial charge in [0.15, 0.2) is 0 Å². The van der Waals surface area contributed by atoms with Gasteiger partial charge in [-0.1, -0.05) is 84.3 Å². The minimum atomic E-state index is 0.0777. The topological polar surface area (TPSA) is 36.8 Å². The van der Waals surface area contributed by atoms with Crippen LogP contribution in [0.2, 0.25) is 0 Å². The summed E-state index contributed by atoms with van der Waals surface area (Å²) in [4.78, 5) is 11.8. The second kappa shape index (κ2) is 10.6. The maximum absolute atomic E-state index is 6.66. The molecular formula is C39H30BN5O. The van der Waals surface area contributed by atoms with Crippen LogP contribution >= 0.6 is 0 Å². The van der Waals surface area contributed by atoms with Crippen LogP contribution in [0, 0.1) is 0 Å². The molecule has 0 unspecified atom stereocenters. The molecule has 0 aliphatic carbocycles. The molecule has 9 rings (SSSR count). The summed E-state index contributed by atoms with van der Waals surface area (Å²) in [7, 11) is 2.19. The first-order valence-electron chi connectivity index (χ1n) is 15.6. The molecule has 2 aromatic heterocycles. The van der Waals surface area contributed by atoms with Gasteiger partial charge in [0.05, 0.1) is 11.0 Å². The van der Waals surface area contributed by atoms with Gasteiger partial charge in [-0.2, -0.15) is 0 Å². The lowest BCUT2D eigenvalue weighted by Gasteiger charge is -2.41. The zero-order valence-corrected chi connectivity index (χ0v) is 25.4. The number of rotatable bonds is 5. The van der Waals surface area contributed by atoms with Gasteiger partial charge in [0.2, 0.25) is 0 Å². The third-order valence-corrected chi connectivity index (χ3v) is 9.14. The van der Waals surface area contributed by atoms with Gasteiger partial charge in [-0.3, -0.25) is 4.57 Å². The molecule has 0 saturated carbocycles. The number of ether oxygens (including phenoxy) is 1. The van der Waals surface area contributed by atoms with E-state index in [9.17, 15) is 0 Å². The lowest BCUT2D eigenvalue weighted by molar-refractivity contribution is 0.483. The lowest BCUT2D eigenvalue weighted by Crippen LogP contribution is -2.61. The van der Waals surface area contributed by atoms with Gasteiger partial charge >= 0.3 is 6.85 Å². The van der Waals surface area contributed by atoms with Gasteiger partial charge in [0.1, 0.15) is 29.8 Å². The number of pyridine rings is 1. The molecule has 5 aromatic carbocycles. The molecule has 0 saturated heterocycles. The van der Waals surface area contributed by atoms with Crippen LogP contribution in [-0.2, 0) is 0 Å². The molecule has 0 amide bonds. The highest BCUT2D eigenvalue weighted by molar-refractivity contribution is 6.84. The monoisotopic (exact) mass is 595 g/mol. The predicted molar refractivity (Wildman–Crippen MR) is 189 cm³/mol. The van der Waals surface area contributed by atoms with E-state index in [-0.39, 0.29) is 6.85 Å². The summed E-state index contributed by atoms with van der Waals surface area (Å²) in [5, 5.41) is 2.36. The minimum Gasteiger partial charge on any atom is -0.457 e. The van der Waals surface area contributed by atoms with Gasteiger partial charge in [-0.25, -0.2) is 4.98 Å². The molecule has 2 aliphatic rings. The fourth-order valence-corrected chi connectivity index (χ4v) is 7.05. The van der Waals surface area contributed by atoms with Crippen LogP contribution in [0.5, 0.6) is 11.5 Å². The van der Waals surface area contributed by atoms with Crippen LogP contribution in [0.15, 0.2) is 158 Å². The van der Waals surface area contributed by atoms with Crippen LogP contribution in [0.4, 0.5) is 11.4 Å². The standard InChI is InChI=1S/C39H30BN5O/c1-42-39-26-43(29-14-6-3-7-15-29)27-44(39)37-25-31(20-22-34(37)40(42)28-12-4-2-5-13-28)46-30-19-21-33-32-16-8-9-17-35(32)45(36(33)24-30)38-18-10-11-23-41-38/h2-26H,27H2,1H3. The highest BCUT2D eigenvalue weighted by Gasteiger charge is 2.40. The molecule has 4 heterocycles. The van der Waals surface area contributed by atoms with Crippen molar-refractivity contribution in [2.75, 3.05) is 23.5 Å². The van der Waals surface area contributed by atoms with Crippen LogP contribution in [0.3, 0.4) is 0 Å². The SMILES string of the molecule is CN1B(c2ccccc2)c2ccc(Oc3ccc4c5ccccc5n(-c5ccccn5)c4c3)cc2N2CN(c3ccccc3)C=C12. The summed E-state index contributed by atoms with van der Waals surface area (Å²) in [6.45, 7) is 0.798. The molecule has 6 nitrogen and oxygen atoms in total. The lowest BCUT2D eigenvalue weighted by atomic mass is 9.48. The number of anilines is 2.